The molecule has 1 aromatic carbocycles. The Kier molecular flexibility index (Phi) is 4.69. The maximum atomic E-state index is 11.4. The Morgan fingerprint density at radius 1 is 1.29 bits per heavy atom. The lowest BCUT2D eigenvalue weighted by Crippen LogP contribution is -2.27. The van der Waals surface area contributed by atoms with Gasteiger partial charge in [0.1, 0.15) is 6.04 Å². The fourth-order valence-electron chi connectivity index (χ4n) is 1.44. The van der Waals surface area contributed by atoms with E-state index in [0.29, 0.717) is 12.0 Å². The van der Waals surface area contributed by atoms with Crippen molar-refractivity contribution in [2.45, 2.75) is 26.3 Å². The third-order valence-electron chi connectivity index (χ3n) is 2.47. The molecule has 0 saturated heterocycles. The summed E-state index contributed by atoms with van der Waals surface area (Å²) in [6.07, 6.45) is 0.491. The van der Waals surface area contributed by atoms with E-state index < -0.39 is 6.04 Å². The molecule has 4 nitrogen and oxygen atoms in total. The summed E-state index contributed by atoms with van der Waals surface area (Å²) in [5, 5.41) is 2.99. The Morgan fingerprint density at radius 3 is 2.35 bits per heavy atom. The van der Waals surface area contributed by atoms with E-state index in [9.17, 15) is 9.59 Å². The fraction of sp³-hybridized carbons (Fsp3) is 0.385. The molecule has 0 heterocycles. The number of ether oxygens (including phenoxy) is 1. The van der Waals surface area contributed by atoms with Crippen molar-refractivity contribution >= 4 is 17.4 Å². The zero-order chi connectivity index (χ0) is 12.8. The summed E-state index contributed by atoms with van der Waals surface area (Å²) >= 11 is 0. The first-order valence-electron chi connectivity index (χ1n) is 5.56. The number of benzene rings is 1. The topological polar surface area (TPSA) is 55.4 Å². The number of hydrogen-bond acceptors (Lipinski definition) is 4. The van der Waals surface area contributed by atoms with Crippen LogP contribution in [0.1, 0.15) is 30.6 Å². The molecule has 1 N–H and O–H groups in total. The van der Waals surface area contributed by atoms with Crippen LogP contribution in [0.3, 0.4) is 0 Å². The highest BCUT2D eigenvalue weighted by molar-refractivity contribution is 5.96. The lowest BCUT2D eigenvalue weighted by Gasteiger charge is -2.12. The van der Waals surface area contributed by atoms with Crippen LogP contribution in [0.4, 0.5) is 5.69 Å². The van der Waals surface area contributed by atoms with Crippen molar-refractivity contribution in [2.75, 3.05) is 12.4 Å². The third-order valence-corrected chi connectivity index (χ3v) is 2.47. The number of carbonyl (C=O) groups is 2. The number of Topliss-reactive ketones (excluding diaryl/α,β-unsaturated/α-hetero) is 1. The van der Waals surface area contributed by atoms with Crippen molar-refractivity contribution in [3.63, 3.8) is 0 Å². The minimum absolute atomic E-state index is 0.109. The molecule has 0 bridgehead atoms. The molecule has 92 valence electrons. The van der Waals surface area contributed by atoms with Crippen LogP contribution in [0.25, 0.3) is 0 Å². The Balaban J connectivity index is 2.68. The maximum absolute atomic E-state index is 11.4. The molecule has 4 heteroatoms. The van der Waals surface area contributed by atoms with E-state index >= 15 is 0 Å². The number of carbonyl (C=O) groups excluding carboxylic acids is 2. The predicted octanol–water partition coefficient (Wildman–Crippen LogP) is 2.25. The Labute approximate surface area is 101 Å². The highest BCUT2D eigenvalue weighted by Crippen LogP contribution is 2.12. The molecular formula is C13H17NO3. The van der Waals surface area contributed by atoms with E-state index in [1.165, 1.54) is 7.11 Å². The van der Waals surface area contributed by atoms with E-state index in [2.05, 4.69) is 10.1 Å². The molecule has 1 unspecified atom stereocenters. The van der Waals surface area contributed by atoms with Crippen LogP contribution in [0, 0.1) is 0 Å². The summed E-state index contributed by atoms with van der Waals surface area (Å²) in [5.41, 5.74) is 1.47. The Hall–Kier alpha value is -1.84. The summed E-state index contributed by atoms with van der Waals surface area (Å²) < 4.78 is 4.61. The molecule has 0 aliphatic heterocycles. The first kappa shape index (κ1) is 13.2. The quantitative estimate of drug-likeness (QED) is 0.628. The van der Waals surface area contributed by atoms with Gasteiger partial charge < -0.3 is 10.1 Å². The normalized spacial score (nSPS) is 11.7. The molecule has 0 aliphatic rings. The Morgan fingerprint density at radius 2 is 1.88 bits per heavy atom. The molecule has 0 fully saturated rings. The molecule has 0 amide bonds. The second-order valence-corrected chi connectivity index (χ2v) is 3.74. The summed E-state index contributed by atoms with van der Waals surface area (Å²) in [6.45, 7) is 3.55. The van der Waals surface area contributed by atoms with E-state index in [-0.39, 0.29) is 11.8 Å². The number of nitrogens with one attached hydrogen (secondary N) is 1. The van der Waals surface area contributed by atoms with Crippen molar-refractivity contribution in [1.82, 2.24) is 0 Å². The van der Waals surface area contributed by atoms with Gasteiger partial charge in [0.05, 0.1) is 7.11 Å². The van der Waals surface area contributed by atoms with Gasteiger partial charge in [-0.3, -0.25) is 4.79 Å². The van der Waals surface area contributed by atoms with Crippen LogP contribution in [0.5, 0.6) is 0 Å². The van der Waals surface area contributed by atoms with Gasteiger partial charge in [0.15, 0.2) is 5.78 Å². The van der Waals surface area contributed by atoms with Gasteiger partial charge in [0, 0.05) is 17.7 Å². The van der Waals surface area contributed by atoms with Crippen LogP contribution in [0.15, 0.2) is 24.3 Å². The van der Waals surface area contributed by atoms with Crippen molar-refractivity contribution in [3.8, 4) is 0 Å². The number of anilines is 1. The zero-order valence-corrected chi connectivity index (χ0v) is 10.3. The second-order valence-electron chi connectivity index (χ2n) is 3.74. The van der Waals surface area contributed by atoms with Gasteiger partial charge in [-0.2, -0.15) is 0 Å². The van der Waals surface area contributed by atoms with Gasteiger partial charge in [-0.05, 0) is 31.2 Å². The Bertz CT molecular complexity index is 398. The summed E-state index contributed by atoms with van der Waals surface area (Å²) in [6, 6.07) is 6.65. The summed E-state index contributed by atoms with van der Waals surface area (Å²) in [4.78, 5) is 22.6. The number of methoxy groups -OCH3 is 1. The smallest absolute Gasteiger partial charge is 0.327 e. The van der Waals surface area contributed by atoms with Crippen molar-refractivity contribution < 1.29 is 14.3 Å². The summed E-state index contributed by atoms with van der Waals surface area (Å²) in [5.74, 6) is -0.212. The van der Waals surface area contributed by atoms with Gasteiger partial charge in [-0.25, -0.2) is 4.79 Å². The van der Waals surface area contributed by atoms with Crippen molar-refractivity contribution in [2.24, 2.45) is 0 Å². The van der Waals surface area contributed by atoms with Gasteiger partial charge in [-0.1, -0.05) is 6.92 Å². The van der Waals surface area contributed by atoms with Gasteiger partial charge >= 0.3 is 5.97 Å². The molecule has 0 saturated carbocycles. The molecular weight excluding hydrogens is 218 g/mol. The number of ketones is 1. The first-order valence-corrected chi connectivity index (χ1v) is 5.56. The highest BCUT2D eigenvalue weighted by Gasteiger charge is 2.12. The van der Waals surface area contributed by atoms with E-state index in [0.717, 1.165) is 5.69 Å². The minimum Gasteiger partial charge on any atom is -0.467 e. The lowest BCUT2D eigenvalue weighted by molar-refractivity contribution is -0.141. The monoisotopic (exact) mass is 235 g/mol. The number of hydrogen-bond donors (Lipinski definition) is 1. The van der Waals surface area contributed by atoms with Gasteiger partial charge in [-0.15, -0.1) is 0 Å². The van der Waals surface area contributed by atoms with Crippen LogP contribution in [-0.2, 0) is 9.53 Å². The molecule has 1 atom stereocenters. The minimum atomic E-state index is -0.410. The molecule has 0 radical (unpaired) electrons. The average Bonchev–Trinajstić information content (AvgIpc) is 2.37. The van der Waals surface area contributed by atoms with Crippen LogP contribution < -0.4 is 5.32 Å². The number of rotatable bonds is 5. The van der Waals surface area contributed by atoms with Gasteiger partial charge in [0.25, 0.3) is 0 Å². The van der Waals surface area contributed by atoms with E-state index in [1.54, 1.807) is 31.2 Å². The molecule has 0 aromatic heterocycles. The highest BCUT2D eigenvalue weighted by atomic mass is 16.5. The second kappa shape index (κ2) is 6.03. The largest absolute Gasteiger partial charge is 0.467 e. The van der Waals surface area contributed by atoms with E-state index in [4.69, 9.17) is 0 Å². The molecule has 0 aliphatic carbocycles. The van der Waals surface area contributed by atoms with Crippen LogP contribution in [0.2, 0.25) is 0 Å². The number of esters is 1. The third kappa shape index (κ3) is 3.59. The predicted molar refractivity (Wildman–Crippen MR) is 66.2 cm³/mol. The molecule has 0 spiro atoms. The van der Waals surface area contributed by atoms with Crippen LogP contribution >= 0.6 is 0 Å². The van der Waals surface area contributed by atoms with Crippen molar-refractivity contribution in [1.29, 1.82) is 0 Å². The molecule has 1 rings (SSSR count). The van der Waals surface area contributed by atoms with Crippen LogP contribution in [-0.4, -0.2) is 24.9 Å². The van der Waals surface area contributed by atoms with E-state index in [1.807, 2.05) is 6.92 Å². The maximum Gasteiger partial charge on any atom is 0.327 e. The SMILES string of the molecule is CCC(=O)c1ccc(NC(C)C(=O)OC)cc1. The average molecular weight is 235 g/mol. The standard InChI is InChI=1S/C13H17NO3/c1-4-12(15)10-5-7-11(8-6-10)14-9(2)13(16)17-3/h5-9,14H,4H2,1-3H3. The molecule has 1 aromatic rings. The van der Waals surface area contributed by atoms with Gasteiger partial charge in [0.2, 0.25) is 0 Å². The molecule has 17 heavy (non-hydrogen) atoms. The first-order chi connectivity index (χ1) is 8.08. The fourth-order valence-corrected chi connectivity index (χ4v) is 1.44. The summed E-state index contributed by atoms with van der Waals surface area (Å²) in [7, 11) is 1.35. The van der Waals surface area contributed by atoms with Crippen molar-refractivity contribution in [3.05, 3.63) is 29.8 Å². The zero-order valence-electron chi connectivity index (χ0n) is 10.3. The lowest BCUT2D eigenvalue weighted by atomic mass is 10.1.